The maximum Gasteiger partial charge on any atom is 0.226 e. The molecular formula is C12H26N2O4. The molecule has 0 bridgehead atoms. The molecule has 0 aromatic heterocycles. The van der Waals surface area contributed by atoms with Crippen LogP contribution in [0.15, 0.2) is 0 Å². The number of aliphatic hydroxyl groups excluding tert-OH is 1. The number of carbonyl (C=O) groups excluding carboxylic acids is 1. The highest BCUT2D eigenvalue weighted by Crippen LogP contribution is 2.12. The Labute approximate surface area is 109 Å². The van der Waals surface area contributed by atoms with Gasteiger partial charge in [-0.1, -0.05) is 0 Å². The molecule has 1 amide bonds. The SMILES string of the molecule is CNC(=O)C(C)(C)CNCC(O)COCCOC. The van der Waals surface area contributed by atoms with Gasteiger partial charge in [-0.2, -0.15) is 0 Å². The molecule has 0 fully saturated rings. The molecule has 0 rings (SSSR count). The number of aliphatic hydroxyl groups is 1. The van der Waals surface area contributed by atoms with Gasteiger partial charge in [0.25, 0.3) is 0 Å². The summed E-state index contributed by atoms with van der Waals surface area (Å²) in [5.74, 6) is -0.0270. The molecular weight excluding hydrogens is 236 g/mol. The zero-order valence-electron chi connectivity index (χ0n) is 11.8. The van der Waals surface area contributed by atoms with Crippen molar-refractivity contribution < 1.29 is 19.4 Å². The third-order valence-electron chi connectivity index (χ3n) is 2.53. The number of hydrogen-bond acceptors (Lipinski definition) is 5. The second-order valence-electron chi connectivity index (χ2n) is 4.82. The minimum atomic E-state index is -0.581. The lowest BCUT2D eigenvalue weighted by Crippen LogP contribution is -2.44. The fourth-order valence-corrected chi connectivity index (χ4v) is 1.39. The van der Waals surface area contributed by atoms with Crippen LogP contribution in [0, 0.1) is 5.41 Å². The molecule has 0 aliphatic heterocycles. The molecule has 3 N–H and O–H groups in total. The Morgan fingerprint density at radius 1 is 1.39 bits per heavy atom. The molecule has 0 heterocycles. The van der Waals surface area contributed by atoms with Crippen molar-refractivity contribution in [2.24, 2.45) is 5.41 Å². The zero-order chi connectivity index (χ0) is 14.0. The highest BCUT2D eigenvalue weighted by molar-refractivity contribution is 5.81. The van der Waals surface area contributed by atoms with Crippen molar-refractivity contribution in [1.82, 2.24) is 10.6 Å². The number of rotatable bonds is 10. The summed E-state index contributed by atoms with van der Waals surface area (Å²) in [5, 5.41) is 15.3. The first-order valence-electron chi connectivity index (χ1n) is 6.11. The van der Waals surface area contributed by atoms with E-state index in [4.69, 9.17) is 9.47 Å². The van der Waals surface area contributed by atoms with Crippen molar-refractivity contribution in [2.75, 3.05) is 47.1 Å². The van der Waals surface area contributed by atoms with Gasteiger partial charge in [-0.3, -0.25) is 4.79 Å². The predicted octanol–water partition coefficient (Wildman–Crippen LogP) is -0.628. The quantitative estimate of drug-likeness (QED) is 0.457. The normalized spacial score (nSPS) is 13.4. The first-order chi connectivity index (χ1) is 8.44. The number of hydrogen-bond donors (Lipinski definition) is 3. The van der Waals surface area contributed by atoms with E-state index in [1.165, 1.54) is 0 Å². The third-order valence-corrected chi connectivity index (χ3v) is 2.53. The summed E-state index contributed by atoms with van der Waals surface area (Å²) in [7, 11) is 3.21. The van der Waals surface area contributed by atoms with E-state index in [1.54, 1.807) is 14.2 Å². The van der Waals surface area contributed by atoms with E-state index < -0.39 is 11.5 Å². The van der Waals surface area contributed by atoms with E-state index in [1.807, 2.05) is 13.8 Å². The molecule has 1 unspecified atom stereocenters. The summed E-state index contributed by atoms with van der Waals surface area (Å²) in [6.07, 6.45) is -0.581. The number of ether oxygens (including phenoxy) is 2. The first-order valence-corrected chi connectivity index (χ1v) is 6.11. The predicted molar refractivity (Wildman–Crippen MR) is 69.4 cm³/mol. The summed E-state index contributed by atoms with van der Waals surface area (Å²) in [6.45, 7) is 5.84. The van der Waals surface area contributed by atoms with Gasteiger partial charge in [0.15, 0.2) is 0 Å². The molecule has 6 nitrogen and oxygen atoms in total. The Morgan fingerprint density at radius 2 is 2.06 bits per heavy atom. The Kier molecular flexibility index (Phi) is 8.91. The number of methoxy groups -OCH3 is 1. The largest absolute Gasteiger partial charge is 0.389 e. The molecule has 6 heteroatoms. The summed E-state index contributed by atoms with van der Waals surface area (Å²) < 4.78 is 10.0. The van der Waals surface area contributed by atoms with Crippen molar-refractivity contribution in [3.63, 3.8) is 0 Å². The lowest BCUT2D eigenvalue weighted by molar-refractivity contribution is -0.128. The minimum Gasteiger partial charge on any atom is -0.389 e. The van der Waals surface area contributed by atoms with Gasteiger partial charge in [0.05, 0.1) is 31.3 Å². The number of amides is 1. The van der Waals surface area contributed by atoms with Crippen LogP contribution in [0.5, 0.6) is 0 Å². The Morgan fingerprint density at radius 3 is 2.61 bits per heavy atom. The van der Waals surface area contributed by atoms with Crippen LogP contribution in [-0.2, 0) is 14.3 Å². The van der Waals surface area contributed by atoms with E-state index in [2.05, 4.69) is 10.6 Å². The van der Waals surface area contributed by atoms with E-state index in [0.717, 1.165) is 0 Å². The van der Waals surface area contributed by atoms with E-state index in [-0.39, 0.29) is 12.5 Å². The second kappa shape index (κ2) is 9.27. The number of nitrogens with one attached hydrogen (secondary N) is 2. The van der Waals surface area contributed by atoms with E-state index in [0.29, 0.717) is 26.3 Å². The third kappa shape index (κ3) is 7.60. The van der Waals surface area contributed by atoms with Crippen molar-refractivity contribution in [1.29, 1.82) is 0 Å². The van der Waals surface area contributed by atoms with Crippen molar-refractivity contribution in [2.45, 2.75) is 20.0 Å². The molecule has 0 spiro atoms. The second-order valence-corrected chi connectivity index (χ2v) is 4.82. The molecule has 108 valence electrons. The Bertz CT molecular complexity index is 234. The molecule has 0 radical (unpaired) electrons. The average Bonchev–Trinajstić information content (AvgIpc) is 2.33. The Balaban J connectivity index is 3.67. The lowest BCUT2D eigenvalue weighted by Gasteiger charge is -2.23. The van der Waals surface area contributed by atoms with Crippen LogP contribution in [-0.4, -0.2) is 64.2 Å². The van der Waals surface area contributed by atoms with Gasteiger partial charge in [0, 0.05) is 27.2 Å². The van der Waals surface area contributed by atoms with Crippen molar-refractivity contribution in [3.8, 4) is 0 Å². The fraction of sp³-hybridized carbons (Fsp3) is 0.917. The highest BCUT2D eigenvalue weighted by Gasteiger charge is 2.26. The molecule has 0 aliphatic carbocycles. The molecule has 0 aromatic carbocycles. The van der Waals surface area contributed by atoms with Gasteiger partial charge in [-0.05, 0) is 13.8 Å². The van der Waals surface area contributed by atoms with Gasteiger partial charge >= 0.3 is 0 Å². The molecule has 0 saturated carbocycles. The van der Waals surface area contributed by atoms with Gasteiger partial charge in [-0.25, -0.2) is 0 Å². The fourth-order valence-electron chi connectivity index (χ4n) is 1.39. The Hall–Kier alpha value is -0.690. The lowest BCUT2D eigenvalue weighted by atomic mass is 9.92. The summed E-state index contributed by atoms with van der Waals surface area (Å²) >= 11 is 0. The molecule has 18 heavy (non-hydrogen) atoms. The van der Waals surface area contributed by atoms with Gasteiger partial charge in [0.1, 0.15) is 0 Å². The van der Waals surface area contributed by atoms with Gasteiger partial charge < -0.3 is 25.2 Å². The maximum absolute atomic E-state index is 11.5. The minimum absolute atomic E-state index is 0.0270. The molecule has 0 aromatic rings. The summed E-state index contributed by atoms with van der Waals surface area (Å²) in [6, 6.07) is 0. The summed E-state index contributed by atoms with van der Waals surface area (Å²) in [4.78, 5) is 11.5. The van der Waals surface area contributed by atoms with Crippen LogP contribution in [0.4, 0.5) is 0 Å². The average molecular weight is 262 g/mol. The first kappa shape index (κ1) is 17.3. The van der Waals surface area contributed by atoms with Crippen LogP contribution in [0.1, 0.15) is 13.8 Å². The zero-order valence-corrected chi connectivity index (χ0v) is 11.8. The maximum atomic E-state index is 11.5. The standard InChI is InChI=1S/C12H26N2O4/c1-12(2,11(16)13-3)9-14-7-10(15)8-18-6-5-17-4/h10,14-15H,5-9H2,1-4H3,(H,13,16). The van der Waals surface area contributed by atoms with Crippen LogP contribution < -0.4 is 10.6 Å². The smallest absolute Gasteiger partial charge is 0.226 e. The van der Waals surface area contributed by atoms with Crippen LogP contribution in [0.3, 0.4) is 0 Å². The summed E-state index contributed by atoms with van der Waals surface area (Å²) in [5.41, 5.74) is -0.495. The van der Waals surface area contributed by atoms with Gasteiger partial charge in [-0.15, -0.1) is 0 Å². The van der Waals surface area contributed by atoms with Crippen molar-refractivity contribution >= 4 is 5.91 Å². The highest BCUT2D eigenvalue weighted by atomic mass is 16.5. The van der Waals surface area contributed by atoms with Crippen molar-refractivity contribution in [3.05, 3.63) is 0 Å². The molecule has 0 saturated heterocycles. The molecule has 1 atom stereocenters. The van der Waals surface area contributed by atoms with Crippen LogP contribution in [0.2, 0.25) is 0 Å². The molecule has 0 aliphatic rings. The monoisotopic (exact) mass is 262 g/mol. The number of carbonyl (C=O) groups is 1. The van der Waals surface area contributed by atoms with E-state index >= 15 is 0 Å². The van der Waals surface area contributed by atoms with Gasteiger partial charge in [0.2, 0.25) is 5.91 Å². The van der Waals surface area contributed by atoms with Crippen LogP contribution >= 0.6 is 0 Å². The van der Waals surface area contributed by atoms with E-state index in [9.17, 15) is 9.90 Å². The topological polar surface area (TPSA) is 79.8 Å². The van der Waals surface area contributed by atoms with Crippen LogP contribution in [0.25, 0.3) is 0 Å².